The molecular formula is C23H23ClFN3O. The van der Waals surface area contributed by atoms with Crippen molar-refractivity contribution in [3.63, 3.8) is 0 Å². The summed E-state index contributed by atoms with van der Waals surface area (Å²) in [4.78, 5) is 6.95. The molecule has 2 heterocycles. The van der Waals surface area contributed by atoms with Gasteiger partial charge in [0.05, 0.1) is 23.9 Å². The summed E-state index contributed by atoms with van der Waals surface area (Å²) in [5.74, 6) is -0.416. The van der Waals surface area contributed by atoms with Crippen molar-refractivity contribution in [3.8, 4) is 5.69 Å². The van der Waals surface area contributed by atoms with Crippen LogP contribution >= 0.6 is 11.6 Å². The van der Waals surface area contributed by atoms with Crippen molar-refractivity contribution in [2.24, 2.45) is 4.99 Å². The van der Waals surface area contributed by atoms with E-state index in [1.807, 2.05) is 36.8 Å². The van der Waals surface area contributed by atoms with Gasteiger partial charge in [0.2, 0.25) is 0 Å². The Morgan fingerprint density at radius 1 is 1.00 bits per heavy atom. The van der Waals surface area contributed by atoms with Gasteiger partial charge in [0.25, 0.3) is 0 Å². The molecule has 0 unspecified atom stereocenters. The number of ether oxygens (including phenoxy) is 1. The number of benzene rings is 2. The van der Waals surface area contributed by atoms with Crippen LogP contribution in [0.3, 0.4) is 0 Å². The number of hydrogen-bond donors (Lipinski definition) is 0. The van der Waals surface area contributed by atoms with E-state index in [4.69, 9.17) is 16.3 Å². The Labute approximate surface area is 175 Å². The van der Waals surface area contributed by atoms with Crippen LogP contribution in [0, 0.1) is 19.7 Å². The minimum atomic E-state index is -0.416. The lowest BCUT2D eigenvalue weighted by Crippen LogP contribution is -2.36. The Balaban J connectivity index is 1.55. The van der Waals surface area contributed by atoms with Crippen LogP contribution in [0.2, 0.25) is 5.02 Å². The van der Waals surface area contributed by atoms with Gasteiger partial charge in [0.15, 0.2) is 0 Å². The van der Waals surface area contributed by atoms with Crippen molar-refractivity contribution in [1.29, 1.82) is 0 Å². The van der Waals surface area contributed by atoms with Crippen LogP contribution in [0.4, 0.5) is 15.8 Å². The normalized spacial score (nSPS) is 14.7. The maximum absolute atomic E-state index is 13.5. The second kappa shape index (κ2) is 8.39. The van der Waals surface area contributed by atoms with Crippen LogP contribution in [0.5, 0.6) is 0 Å². The molecule has 150 valence electrons. The number of aryl methyl sites for hydroxylation is 1. The molecule has 0 aliphatic carbocycles. The predicted octanol–water partition coefficient (Wildman–Crippen LogP) is 5.47. The maximum Gasteiger partial charge on any atom is 0.141 e. The summed E-state index contributed by atoms with van der Waals surface area (Å²) in [6, 6.07) is 15.1. The Hall–Kier alpha value is -2.63. The van der Waals surface area contributed by atoms with Gasteiger partial charge in [-0.1, -0.05) is 11.6 Å². The van der Waals surface area contributed by atoms with Crippen molar-refractivity contribution >= 4 is 29.2 Å². The molecule has 1 aromatic heterocycles. The highest BCUT2D eigenvalue weighted by Crippen LogP contribution is 2.25. The van der Waals surface area contributed by atoms with E-state index in [1.165, 1.54) is 11.8 Å². The first-order valence-corrected chi connectivity index (χ1v) is 10.0. The van der Waals surface area contributed by atoms with Gasteiger partial charge in [-0.3, -0.25) is 4.99 Å². The Morgan fingerprint density at radius 3 is 2.38 bits per heavy atom. The second-order valence-electron chi connectivity index (χ2n) is 7.13. The zero-order valence-electron chi connectivity index (χ0n) is 16.5. The number of morpholine rings is 1. The number of anilines is 1. The fraction of sp³-hybridized carbons (Fsp3) is 0.261. The van der Waals surface area contributed by atoms with Gasteiger partial charge < -0.3 is 14.2 Å². The minimum Gasteiger partial charge on any atom is -0.378 e. The van der Waals surface area contributed by atoms with Gasteiger partial charge in [0, 0.05) is 47.6 Å². The third-order valence-electron chi connectivity index (χ3n) is 5.21. The van der Waals surface area contributed by atoms with E-state index in [1.54, 1.807) is 12.1 Å². The predicted molar refractivity (Wildman–Crippen MR) is 117 cm³/mol. The van der Waals surface area contributed by atoms with Crippen molar-refractivity contribution in [2.45, 2.75) is 13.8 Å². The van der Waals surface area contributed by atoms with Crippen molar-refractivity contribution in [1.82, 2.24) is 4.57 Å². The monoisotopic (exact) mass is 411 g/mol. The molecule has 0 amide bonds. The maximum atomic E-state index is 13.5. The van der Waals surface area contributed by atoms with Crippen molar-refractivity contribution < 1.29 is 9.13 Å². The highest BCUT2D eigenvalue weighted by molar-refractivity contribution is 6.30. The second-order valence-corrected chi connectivity index (χ2v) is 7.54. The number of halogens is 2. The average Bonchev–Trinajstić information content (AvgIpc) is 3.03. The molecule has 0 atom stereocenters. The standard InChI is InChI=1S/C23H23ClFN3O/c1-16-13-18(17(2)28(16)21-7-8-23(25)22(24)14-21)15-26-19-3-5-20(6-4-19)27-9-11-29-12-10-27/h3-8,13-15H,9-12H2,1-2H3. The SMILES string of the molecule is Cc1cc(C=Nc2ccc(N3CCOCC3)cc2)c(C)n1-c1ccc(F)c(Cl)c1. The van der Waals surface area contributed by atoms with Crippen molar-refractivity contribution in [3.05, 3.63) is 76.3 Å². The first-order chi connectivity index (χ1) is 14.0. The topological polar surface area (TPSA) is 29.8 Å². The summed E-state index contributed by atoms with van der Waals surface area (Å²) in [6.45, 7) is 7.42. The summed E-state index contributed by atoms with van der Waals surface area (Å²) in [7, 11) is 0. The van der Waals surface area contributed by atoms with E-state index in [-0.39, 0.29) is 5.02 Å². The molecule has 4 rings (SSSR count). The molecule has 4 nitrogen and oxygen atoms in total. The average molecular weight is 412 g/mol. The molecule has 0 saturated carbocycles. The van der Waals surface area contributed by atoms with Crippen molar-refractivity contribution in [2.75, 3.05) is 31.2 Å². The quantitative estimate of drug-likeness (QED) is 0.532. The molecule has 1 aliphatic heterocycles. The zero-order chi connectivity index (χ0) is 20.4. The van der Waals surface area contributed by atoms with Crippen LogP contribution in [-0.4, -0.2) is 37.1 Å². The summed E-state index contributed by atoms with van der Waals surface area (Å²) >= 11 is 5.96. The van der Waals surface area contributed by atoms with Gasteiger partial charge in [-0.15, -0.1) is 0 Å². The van der Waals surface area contributed by atoms with E-state index in [0.717, 1.165) is 54.6 Å². The number of hydrogen-bond acceptors (Lipinski definition) is 3. The third kappa shape index (κ3) is 4.21. The third-order valence-corrected chi connectivity index (χ3v) is 5.50. The lowest BCUT2D eigenvalue weighted by atomic mass is 10.2. The molecular weight excluding hydrogens is 389 g/mol. The fourth-order valence-corrected chi connectivity index (χ4v) is 3.83. The van der Waals surface area contributed by atoms with E-state index >= 15 is 0 Å². The summed E-state index contributed by atoms with van der Waals surface area (Å²) in [6.07, 6.45) is 1.87. The molecule has 0 bridgehead atoms. The molecule has 1 aliphatic rings. The Morgan fingerprint density at radius 2 is 1.69 bits per heavy atom. The Kier molecular flexibility index (Phi) is 5.69. The van der Waals surface area contributed by atoms with Crippen LogP contribution < -0.4 is 4.90 Å². The highest BCUT2D eigenvalue weighted by atomic mass is 35.5. The van der Waals surface area contributed by atoms with E-state index in [0.29, 0.717) is 0 Å². The van der Waals surface area contributed by atoms with E-state index < -0.39 is 5.82 Å². The highest BCUT2D eigenvalue weighted by Gasteiger charge is 2.12. The van der Waals surface area contributed by atoms with Crippen LogP contribution in [-0.2, 0) is 4.74 Å². The molecule has 29 heavy (non-hydrogen) atoms. The summed E-state index contributed by atoms with van der Waals surface area (Å²) in [5.41, 5.74) is 6.00. The fourth-order valence-electron chi connectivity index (χ4n) is 3.65. The molecule has 1 saturated heterocycles. The lowest BCUT2D eigenvalue weighted by molar-refractivity contribution is 0.122. The summed E-state index contributed by atoms with van der Waals surface area (Å²) in [5, 5.41) is 0.116. The van der Waals surface area contributed by atoms with Crippen LogP contribution in [0.15, 0.2) is 53.5 Å². The minimum absolute atomic E-state index is 0.116. The van der Waals surface area contributed by atoms with Gasteiger partial charge in [-0.25, -0.2) is 4.39 Å². The smallest absolute Gasteiger partial charge is 0.141 e. The molecule has 0 spiro atoms. The molecule has 0 N–H and O–H groups in total. The molecule has 3 aromatic rings. The molecule has 2 aromatic carbocycles. The Bertz CT molecular complexity index is 1040. The summed E-state index contributed by atoms with van der Waals surface area (Å²) < 4.78 is 21.0. The first kappa shape index (κ1) is 19.7. The number of nitrogens with zero attached hydrogens (tertiary/aromatic N) is 3. The van der Waals surface area contributed by atoms with E-state index in [2.05, 4.69) is 28.1 Å². The van der Waals surface area contributed by atoms with Gasteiger partial charge in [0.1, 0.15) is 5.82 Å². The number of aliphatic imine (C=N–C) groups is 1. The molecule has 0 radical (unpaired) electrons. The number of aromatic nitrogens is 1. The molecule has 6 heteroatoms. The zero-order valence-corrected chi connectivity index (χ0v) is 17.3. The van der Waals surface area contributed by atoms with Gasteiger partial charge in [-0.2, -0.15) is 0 Å². The first-order valence-electron chi connectivity index (χ1n) is 9.64. The van der Waals surface area contributed by atoms with Gasteiger partial charge in [-0.05, 0) is 62.4 Å². The lowest BCUT2D eigenvalue weighted by Gasteiger charge is -2.28. The molecule has 1 fully saturated rings. The van der Waals surface area contributed by atoms with Crippen LogP contribution in [0.1, 0.15) is 17.0 Å². The van der Waals surface area contributed by atoms with Gasteiger partial charge >= 0.3 is 0 Å². The number of rotatable bonds is 4. The van der Waals surface area contributed by atoms with E-state index in [9.17, 15) is 4.39 Å². The largest absolute Gasteiger partial charge is 0.378 e. The van der Waals surface area contributed by atoms with Crippen LogP contribution in [0.25, 0.3) is 5.69 Å².